The van der Waals surface area contributed by atoms with E-state index in [-0.39, 0.29) is 23.4 Å². The van der Waals surface area contributed by atoms with Crippen molar-refractivity contribution < 1.29 is 9.59 Å². The molecule has 0 aromatic rings. The summed E-state index contributed by atoms with van der Waals surface area (Å²) in [5.41, 5.74) is 0. The van der Waals surface area contributed by atoms with Crippen LogP contribution in [0.25, 0.3) is 0 Å². The van der Waals surface area contributed by atoms with Crippen molar-refractivity contribution in [3.05, 3.63) is 0 Å². The largest absolute Gasteiger partial charge is 0.300 e. The maximum atomic E-state index is 11.8. The fourth-order valence-corrected chi connectivity index (χ4v) is 1.69. The summed E-state index contributed by atoms with van der Waals surface area (Å²) in [6.07, 6.45) is 1.24. The number of hydrogen-bond donors (Lipinski definition) is 0. The van der Waals surface area contributed by atoms with Gasteiger partial charge in [-0.2, -0.15) is 0 Å². The van der Waals surface area contributed by atoms with Gasteiger partial charge in [0, 0.05) is 18.3 Å². The Kier molecular flexibility index (Phi) is 5.66. The van der Waals surface area contributed by atoms with Crippen molar-refractivity contribution >= 4 is 11.6 Å². The predicted octanol–water partition coefficient (Wildman–Crippen LogP) is 2.85. The molecule has 1 unspecified atom stereocenters. The predicted molar refractivity (Wildman–Crippen MR) is 58.1 cm³/mol. The van der Waals surface area contributed by atoms with Crippen LogP contribution in [0.2, 0.25) is 0 Å². The third-order valence-electron chi connectivity index (χ3n) is 2.26. The molecule has 0 aromatic carbocycles. The van der Waals surface area contributed by atoms with E-state index >= 15 is 0 Å². The molecule has 0 aliphatic carbocycles. The summed E-state index contributed by atoms with van der Waals surface area (Å²) in [5.74, 6) is 0.797. The number of carbonyl (C=O) groups excluding carboxylic acids is 2. The molecule has 14 heavy (non-hydrogen) atoms. The average Bonchev–Trinajstić information content (AvgIpc) is 1.99. The van der Waals surface area contributed by atoms with Crippen LogP contribution in [0, 0.1) is 17.8 Å². The average molecular weight is 198 g/mol. The summed E-state index contributed by atoms with van der Waals surface area (Å²) in [6.45, 7) is 9.52. The van der Waals surface area contributed by atoms with Gasteiger partial charge in [-0.25, -0.2) is 0 Å². The summed E-state index contributed by atoms with van der Waals surface area (Å²) in [6, 6.07) is 0. The molecule has 0 amide bonds. The Morgan fingerprint density at radius 1 is 1.07 bits per heavy atom. The van der Waals surface area contributed by atoms with Gasteiger partial charge in [-0.05, 0) is 19.3 Å². The van der Waals surface area contributed by atoms with Crippen molar-refractivity contribution in [2.24, 2.45) is 17.8 Å². The Balaban J connectivity index is 4.38. The van der Waals surface area contributed by atoms with E-state index in [4.69, 9.17) is 0 Å². The van der Waals surface area contributed by atoms with Crippen molar-refractivity contribution in [1.29, 1.82) is 0 Å². The SMILES string of the molecule is CC(=O)CC(CC(C)C)C(=O)C(C)C. The van der Waals surface area contributed by atoms with Crippen molar-refractivity contribution in [2.75, 3.05) is 0 Å². The number of hydrogen-bond acceptors (Lipinski definition) is 2. The van der Waals surface area contributed by atoms with Gasteiger partial charge in [0.15, 0.2) is 0 Å². The van der Waals surface area contributed by atoms with Gasteiger partial charge in [0.05, 0.1) is 0 Å². The van der Waals surface area contributed by atoms with Crippen molar-refractivity contribution in [2.45, 2.75) is 47.5 Å². The fourth-order valence-electron chi connectivity index (χ4n) is 1.69. The van der Waals surface area contributed by atoms with E-state index in [1.807, 2.05) is 13.8 Å². The molecular formula is C12H22O2. The number of ketones is 2. The lowest BCUT2D eigenvalue weighted by Gasteiger charge is -2.18. The van der Waals surface area contributed by atoms with E-state index in [1.54, 1.807) is 6.92 Å². The Bertz CT molecular complexity index is 204. The van der Waals surface area contributed by atoms with Crippen LogP contribution in [0.3, 0.4) is 0 Å². The first-order valence-electron chi connectivity index (χ1n) is 5.37. The zero-order valence-electron chi connectivity index (χ0n) is 9.96. The highest BCUT2D eigenvalue weighted by Crippen LogP contribution is 2.20. The van der Waals surface area contributed by atoms with E-state index in [2.05, 4.69) is 13.8 Å². The second kappa shape index (κ2) is 5.94. The van der Waals surface area contributed by atoms with Crippen molar-refractivity contribution in [1.82, 2.24) is 0 Å². The molecule has 0 spiro atoms. The van der Waals surface area contributed by atoms with Gasteiger partial charge in [-0.3, -0.25) is 4.79 Å². The molecule has 2 nitrogen and oxygen atoms in total. The molecule has 0 radical (unpaired) electrons. The highest BCUT2D eigenvalue weighted by Gasteiger charge is 2.23. The molecule has 0 rings (SSSR count). The molecule has 0 bridgehead atoms. The minimum atomic E-state index is -0.0625. The smallest absolute Gasteiger partial charge is 0.138 e. The van der Waals surface area contributed by atoms with Gasteiger partial charge >= 0.3 is 0 Å². The van der Waals surface area contributed by atoms with Gasteiger partial charge in [0.1, 0.15) is 11.6 Å². The van der Waals surface area contributed by atoms with Crippen LogP contribution in [-0.2, 0) is 9.59 Å². The van der Waals surface area contributed by atoms with Gasteiger partial charge < -0.3 is 4.79 Å². The van der Waals surface area contributed by atoms with E-state index in [9.17, 15) is 9.59 Å². The maximum absolute atomic E-state index is 11.8. The summed E-state index contributed by atoms with van der Waals surface area (Å²) >= 11 is 0. The summed E-state index contributed by atoms with van der Waals surface area (Å²) in [4.78, 5) is 22.8. The summed E-state index contributed by atoms with van der Waals surface area (Å²) < 4.78 is 0. The van der Waals surface area contributed by atoms with Crippen LogP contribution in [0.5, 0.6) is 0 Å². The molecule has 0 aliphatic heterocycles. The summed E-state index contributed by atoms with van der Waals surface area (Å²) in [5, 5.41) is 0. The lowest BCUT2D eigenvalue weighted by Crippen LogP contribution is -2.23. The summed E-state index contributed by atoms with van der Waals surface area (Å²) in [7, 11) is 0. The second-order valence-electron chi connectivity index (χ2n) is 4.79. The fraction of sp³-hybridized carbons (Fsp3) is 0.833. The third kappa shape index (κ3) is 5.15. The minimum absolute atomic E-state index is 0.0399. The Morgan fingerprint density at radius 2 is 1.57 bits per heavy atom. The van der Waals surface area contributed by atoms with Crippen LogP contribution in [0.4, 0.5) is 0 Å². The first-order chi connectivity index (χ1) is 6.34. The molecule has 0 saturated carbocycles. The van der Waals surface area contributed by atoms with E-state index in [0.29, 0.717) is 12.3 Å². The molecule has 82 valence electrons. The molecule has 2 heteroatoms. The highest BCUT2D eigenvalue weighted by atomic mass is 16.1. The standard InChI is InChI=1S/C12H22O2/c1-8(2)6-11(7-10(5)13)12(14)9(3)4/h8-9,11H,6-7H2,1-5H3. The molecule has 0 aromatic heterocycles. The molecule has 1 atom stereocenters. The Morgan fingerprint density at radius 3 is 1.86 bits per heavy atom. The monoisotopic (exact) mass is 198 g/mol. The van der Waals surface area contributed by atoms with Gasteiger partial charge in [0.25, 0.3) is 0 Å². The topological polar surface area (TPSA) is 34.1 Å². The van der Waals surface area contributed by atoms with Crippen LogP contribution in [-0.4, -0.2) is 11.6 Å². The van der Waals surface area contributed by atoms with E-state index < -0.39 is 0 Å². The van der Waals surface area contributed by atoms with E-state index in [0.717, 1.165) is 6.42 Å². The Hall–Kier alpha value is -0.660. The van der Waals surface area contributed by atoms with Gasteiger partial charge in [0.2, 0.25) is 0 Å². The normalized spacial score (nSPS) is 13.4. The highest BCUT2D eigenvalue weighted by molar-refractivity contribution is 5.88. The first-order valence-corrected chi connectivity index (χ1v) is 5.37. The third-order valence-corrected chi connectivity index (χ3v) is 2.26. The number of carbonyl (C=O) groups is 2. The number of rotatable bonds is 6. The quantitative estimate of drug-likeness (QED) is 0.657. The molecule has 0 N–H and O–H groups in total. The van der Waals surface area contributed by atoms with Crippen LogP contribution < -0.4 is 0 Å². The number of Topliss-reactive ketones (excluding diaryl/α,β-unsaturated/α-hetero) is 2. The van der Waals surface area contributed by atoms with Gasteiger partial charge in [-0.1, -0.05) is 27.7 Å². The molecule has 0 heterocycles. The van der Waals surface area contributed by atoms with Gasteiger partial charge in [-0.15, -0.1) is 0 Å². The lowest BCUT2D eigenvalue weighted by molar-refractivity contribution is -0.130. The van der Waals surface area contributed by atoms with Crippen LogP contribution >= 0.6 is 0 Å². The van der Waals surface area contributed by atoms with Crippen LogP contribution in [0.15, 0.2) is 0 Å². The minimum Gasteiger partial charge on any atom is -0.300 e. The molecular weight excluding hydrogens is 176 g/mol. The second-order valence-corrected chi connectivity index (χ2v) is 4.79. The molecule has 0 saturated heterocycles. The Labute approximate surface area is 87.1 Å². The lowest BCUT2D eigenvalue weighted by atomic mass is 9.85. The van der Waals surface area contributed by atoms with Crippen LogP contribution in [0.1, 0.15) is 47.5 Å². The molecule has 0 aliphatic rings. The maximum Gasteiger partial charge on any atom is 0.138 e. The zero-order chi connectivity index (χ0) is 11.3. The first kappa shape index (κ1) is 13.3. The van der Waals surface area contributed by atoms with E-state index in [1.165, 1.54) is 0 Å². The molecule has 0 fully saturated rings. The van der Waals surface area contributed by atoms with Crippen molar-refractivity contribution in [3.8, 4) is 0 Å². The van der Waals surface area contributed by atoms with Crippen molar-refractivity contribution in [3.63, 3.8) is 0 Å². The zero-order valence-corrected chi connectivity index (χ0v) is 9.96.